The minimum absolute atomic E-state index is 0.0626. The highest BCUT2D eigenvalue weighted by Crippen LogP contribution is 2.29. The number of nitrogens with zero attached hydrogens (tertiary/aromatic N) is 1. The molecule has 166 valence electrons. The van der Waals surface area contributed by atoms with Crippen LogP contribution in [0.2, 0.25) is 0 Å². The van der Waals surface area contributed by atoms with Crippen LogP contribution in [0.15, 0.2) is 18.2 Å². The number of urea groups is 1. The molecule has 2 atom stereocenters. The number of carbonyl (C=O) groups excluding carboxylic acids is 2. The Morgan fingerprint density at radius 2 is 1.93 bits per heavy atom. The van der Waals surface area contributed by atoms with Gasteiger partial charge in [0.15, 0.2) is 0 Å². The van der Waals surface area contributed by atoms with Crippen LogP contribution in [-0.4, -0.2) is 61.8 Å². The Bertz CT molecular complexity index is 735. The largest absolute Gasteiger partial charge is 0.497 e. The van der Waals surface area contributed by atoms with E-state index in [0.29, 0.717) is 30.2 Å². The summed E-state index contributed by atoms with van der Waals surface area (Å²) in [5, 5.41) is 16.5. The van der Waals surface area contributed by atoms with Crippen LogP contribution < -0.4 is 20.1 Å². The van der Waals surface area contributed by atoms with Gasteiger partial charge in [-0.3, -0.25) is 4.79 Å². The summed E-state index contributed by atoms with van der Waals surface area (Å²) in [5.74, 6) is 0.721. The maximum atomic E-state index is 12.7. The number of aliphatic hydroxyl groups excluding tert-OH is 1. The number of ether oxygens (including phenoxy) is 2. The van der Waals surface area contributed by atoms with E-state index in [0.717, 1.165) is 38.5 Å². The molecule has 8 heteroatoms. The first-order valence-electron chi connectivity index (χ1n) is 10.7. The summed E-state index contributed by atoms with van der Waals surface area (Å²) in [6.45, 7) is 1.14. The predicted octanol–water partition coefficient (Wildman–Crippen LogP) is 2.22. The van der Waals surface area contributed by atoms with Crippen molar-refractivity contribution >= 4 is 11.9 Å². The number of methoxy groups -OCH3 is 2. The molecule has 8 nitrogen and oxygen atoms in total. The van der Waals surface area contributed by atoms with Crippen molar-refractivity contribution in [2.24, 2.45) is 5.92 Å². The summed E-state index contributed by atoms with van der Waals surface area (Å²) in [6, 6.07) is 5.37. The molecule has 1 heterocycles. The number of piperidine rings is 1. The second kappa shape index (κ2) is 10.5. The van der Waals surface area contributed by atoms with Crippen molar-refractivity contribution in [2.75, 3.05) is 33.9 Å². The lowest BCUT2D eigenvalue weighted by molar-refractivity contribution is -0.126. The van der Waals surface area contributed by atoms with E-state index in [1.807, 2.05) is 0 Å². The van der Waals surface area contributed by atoms with Crippen LogP contribution in [-0.2, 0) is 4.79 Å². The highest BCUT2D eigenvalue weighted by molar-refractivity contribution is 5.81. The second-order valence-electron chi connectivity index (χ2n) is 8.08. The molecule has 0 spiro atoms. The first-order chi connectivity index (χ1) is 14.5. The monoisotopic (exact) mass is 419 g/mol. The predicted molar refractivity (Wildman–Crippen MR) is 113 cm³/mol. The van der Waals surface area contributed by atoms with Crippen molar-refractivity contribution in [1.29, 1.82) is 0 Å². The van der Waals surface area contributed by atoms with Gasteiger partial charge >= 0.3 is 6.03 Å². The zero-order valence-electron chi connectivity index (χ0n) is 17.9. The summed E-state index contributed by atoms with van der Waals surface area (Å²) in [4.78, 5) is 27.0. The molecule has 1 aliphatic heterocycles. The lowest BCUT2D eigenvalue weighted by atomic mass is 9.97. The average molecular weight is 420 g/mol. The van der Waals surface area contributed by atoms with E-state index >= 15 is 0 Å². The smallest absolute Gasteiger partial charge is 0.317 e. The molecule has 2 aliphatic rings. The molecule has 1 aliphatic carbocycles. The molecule has 0 bridgehead atoms. The van der Waals surface area contributed by atoms with Crippen LogP contribution >= 0.6 is 0 Å². The summed E-state index contributed by atoms with van der Waals surface area (Å²) in [5.41, 5.74) is 0.554. The zero-order valence-corrected chi connectivity index (χ0v) is 17.9. The molecule has 0 unspecified atom stereocenters. The molecule has 0 aromatic heterocycles. The third-order valence-electron chi connectivity index (χ3n) is 6.03. The van der Waals surface area contributed by atoms with Gasteiger partial charge in [-0.15, -0.1) is 0 Å². The molecule has 1 aromatic rings. The maximum absolute atomic E-state index is 12.7. The molecule has 30 heavy (non-hydrogen) atoms. The van der Waals surface area contributed by atoms with Gasteiger partial charge in [0.2, 0.25) is 5.91 Å². The van der Waals surface area contributed by atoms with E-state index < -0.39 is 6.10 Å². The van der Waals surface area contributed by atoms with Gasteiger partial charge in [0.25, 0.3) is 0 Å². The molecule has 3 N–H and O–H groups in total. The van der Waals surface area contributed by atoms with Gasteiger partial charge in [0.1, 0.15) is 11.5 Å². The highest BCUT2D eigenvalue weighted by Gasteiger charge is 2.30. The van der Waals surface area contributed by atoms with Crippen LogP contribution in [0.5, 0.6) is 11.5 Å². The maximum Gasteiger partial charge on any atom is 0.317 e. The Morgan fingerprint density at radius 1 is 1.17 bits per heavy atom. The van der Waals surface area contributed by atoms with Gasteiger partial charge in [-0.2, -0.15) is 0 Å². The molecule has 1 saturated heterocycles. The third-order valence-corrected chi connectivity index (χ3v) is 6.03. The molecule has 3 rings (SSSR count). The number of rotatable bonds is 7. The number of likely N-dealkylation sites (tertiary alicyclic amines) is 1. The van der Waals surface area contributed by atoms with E-state index in [-0.39, 0.29) is 30.4 Å². The van der Waals surface area contributed by atoms with Gasteiger partial charge in [-0.05, 0) is 43.9 Å². The van der Waals surface area contributed by atoms with E-state index in [4.69, 9.17) is 9.47 Å². The number of carbonyl (C=O) groups is 2. The highest BCUT2D eigenvalue weighted by atomic mass is 16.5. The van der Waals surface area contributed by atoms with Gasteiger partial charge in [0.05, 0.1) is 26.2 Å². The summed E-state index contributed by atoms with van der Waals surface area (Å²) in [6.07, 6.45) is 5.00. The molecule has 1 aromatic carbocycles. The van der Waals surface area contributed by atoms with Crippen LogP contribution in [0, 0.1) is 5.92 Å². The number of aliphatic hydroxyl groups is 1. The molecular formula is C22H33N3O5. The van der Waals surface area contributed by atoms with Crippen molar-refractivity contribution in [1.82, 2.24) is 15.5 Å². The minimum atomic E-state index is -0.927. The van der Waals surface area contributed by atoms with Crippen molar-refractivity contribution in [2.45, 2.75) is 50.7 Å². The van der Waals surface area contributed by atoms with Crippen LogP contribution in [0.3, 0.4) is 0 Å². The third kappa shape index (κ3) is 5.56. The Labute approximate surface area is 177 Å². The van der Waals surface area contributed by atoms with Crippen LogP contribution in [0.1, 0.15) is 50.2 Å². The van der Waals surface area contributed by atoms with Gasteiger partial charge in [-0.25, -0.2) is 4.79 Å². The van der Waals surface area contributed by atoms with E-state index in [9.17, 15) is 14.7 Å². The van der Waals surface area contributed by atoms with Crippen molar-refractivity contribution < 1.29 is 24.2 Å². The second-order valence-corrected chi connectivity index (χ2v) is 8.08. The first kappa shape index (κ1) is 22.2. The van der Waals surface area contributed by atoms with Crippen LogP contribution in [0.25, 0.3) is 0 Å². The number of benzene rings is 1. The average Bonchev–Trinajstić information content (AvgIpc) is 3.29. The number of hydrogen-bond donors (Lipinski definition) is 3. The van der Waals surface area contributed by atoms with E-state index in [2.05, 4.69) is 10.6 Å². The number of hydrogen-bond acceptors (Lipinski definition) is 5. The number of nitrogens with one attached hydrogen (secondary N) is 2. The Kier molecular flexibility index (Phi) is 7.79. The Hall–Kier alpha value is -2.48. The molecule has 3 amide bonds. The topological polar surface area (TPSA) is 100 Å². The first-order valence-corrected chi connectivity index (χ1v) is 10.7. The standard InChI is InChI=1S/C22H33N3O5/c1-29-17-9-10-20(30-2)18(12-17)19(26)13-23-21(27)15-6-5-11-25(14-15)22(28)24-16-7-3-4-8-16/h9-10,12,15-16,19,26H,3-8,11,13-14H2,1-2H3,(H,23,27)(H,24,28)/t15-,19-/m1/s1. The summed E-state index contributed by atoms with van der Waals surface area (Å²) in [7, 11) is 3.08. The van der Waals surface area contributed by atoms with Crippen molar-refractivity contribution in [3.05, 3.63) is 23.8 Å². The van der Waals surface area contributed by atoms with Crippen LogP contribution in [0.4, 0.5) is 4.79 Å². The molecular weight excluding hydrogens is 386 g/mol. The molecule has 1 saturated carbocycles. The zero-order chi connectivity index (χ0) is 21.5. The fourth-order valence-corrected chi connectivity index (χ4v) is 4.26. The Morgan fingerprint density at radius 3 is 2.63 bits per heavy atom. The number of amides is 3. The minimum Gasteiger partial charge on any atom is -0.497 e. The summed E-state index contributed by atoms with van der Waals surface area (Å²) < 4.78 is 10.5. The Balaban J connectivity index is 1.52. The van der Waals surface area contributed by atoms with Gasteiger partial charge in [0, 0.05) is 31.2 Å². The fourth-order valence-electron chi connectivity index (χ4n) is 4.26. The van der Waals surface area contributed by atoms with Gasteiger partial charge < -0.3 is 30.1 Å². The van der Waals surface area contributed by atoms with E-state index in [1.165, 1.54) is 7.11 Å². The normalized spacial score (nSPS) is 20.5. The fraction of sp³-hybridized carbons (Fsp3) is 0.636. The SMILES string of the molecule is COc1ccc(OC)c([C@H](O)CNC(=O)[C@@H]2CCCN(C(=O)NC3CCCC3)C2)c1. The lowest BCUT2D eigenvalue weighted by Gasteiger charge is -2.33. The molecule has 0 radical (unpaired) electrons. The molecule has 2 fully saturated rings. The summed E-state index contributed by atoms with van der Waals surface area (Å²) >= 11 is 0. The lowest BCUT2D eigenvalue weighted by Crippen LogP contribution is -2.50. The van der Waals surface area contributed by atoms with E-state index in [1.54, 1.807) is 30.2 Å². The quantitative estimate of drug-likeness (QED) is 0.629. The van der Waals surface area contributed by atoms with Crippen molar-refractivity contribution in [3.63, 3.8) is 0 Å². The van der Waals surface area contributed by atoms with Gasteiger partial charge in [-0.1, -0.05) is 12.8 Å². The van der Waals surface area contributed by atoms with Crippen molar-refractivity contribution in [3.8, 4) is 11.5 Å².